The average molecular weight is 729 g/mol. The van der Waals surface area contributed by atoms with Crippen molar-refractivity contribution >= 4 is 65.4 Å². The lowest BCUT2D eigenvalue weighted by atomic mass is 10.1. The Labute approximate surface area is 327 Å². The van der Waals surface area contributed by atoms with Crippen LogP contribution in [0, 0.1) is 0 Å². The van der Waals surface area contributed by atoms with Gasteiger partial charge in [-0.1, -0.05) is 133 Å². The van der Waals surface area contributed by atoms with Crippen LogP contribution >= 0.6 is 0 Å². The zero-order valence-corrected chi connectivity index (χ0v) is 30.7. The maximum absolute atomic E-state index is 5.26. The highest BCUT2D eigenvalue weighted by Crippen LogP contribution is 2.40. The number of hydrogen-bond acceptors (Lipinski definition) is 3. The third kappa shape index (κ3) is 4.81. The topological polar surface area (TPSA) is 53.5 Å². The summed E-state index contributed by atoms with van der Waals surface area (Å²) in [4.78, 5) is 15.6. The molecule has 0 atom stereocenters. The van der Waals surface area contributed by atoms with Gasteiger partial charge in [0.15, 0.2) is 11.6 Å². The summed E-state index contributed by atoms with van der Waals surface area (Å²) in [5.41, 5.74) is 10.7. The number of para-hydroxylation sites is 5. The highest BCUT2D eigenvalue weighted by atomic mass is 15.2. The summed E-state index contributed by atoms with van der Waals surface area (Å²) in [5.74, 6) is 1.81. The van der Waals surface area contributed by atoms with E-state index in [1.165, 1.54) is 27.1 Å². The number of benzene rings is 8. The van der Waals surface area contributed by atoms with E-state index in [-0.39, 0.29) is 0 Å². The molecule has 4 aromatic heterocycles. The van der Waals surface area contributed by atoms with Crippen LogP contribution in [0.1, 0.15) is 0 Å². The zero-order chi connectivity index (χ0) is 37.5. The Morgan fingerprint density at radius 1 is 0.263 bits per heavy atom. The first-order valence-electron chi connectivity index (χ1n) is 19.2. The molecule has 57 heavy (non-hydrogen) atoms. The summed E-state index contributed by atoms with van der Waals surface area (Å²) in [6.07, 6.45) is 0. The monoisotopic (exact) mass is 728 g/mol. The van der Waals surface area contributed by atoms with Crippen molar-refractivity contribution in [3.05, 3.63) is 194 Å². The minimum Gasteiger partial charge on any atom is -0.309 e. The third-order valence-electron chi connectivity index (χ3n) is 11.3. The number of hydrogen-bond donors (Lipinski definition) is 0. The molecule has 6 heteroatoms. The lowest BCUT2D eigenvalue weighted by Crippen LogP contribution is -2.06. The van der Waals surface area contributed by atoms with E-state index in [0.29, 0.717) is 17.6 Å². The molecule has 0 saturated heterocycles. The van der Waals surface area contributed by atoms with E-state index in [2.05, 4.69) is 190 Å². The zero-order valence-electron chi connectivity index (χ0n) is 30.7. The maximum atomic E-state index is 5.26. The smallest absolute Gasteiger partial charge is 0.238 e. The summed E-state index contributed by atoms with van der Waals surface area (Å²) < 4.78 is 6.93. The van der Waals surface area contributed by atoms with E-state index in [1.54, 1.807) is 0 Å². The fourth-order valence-electron chi connectivity index (χ4n) is 8.80. The standard InChI is InChI=1S/C51H32N6/c1-3-16-33(17-4-1)49-52-50(54-51(53-49)57-45-28-13-7-22-37(45)38-23-8-14-29-46(38)57)34-18-15-21-36(30-34)56-44-27-12-10-25-40(44)42-31-41-39-24-9-11-26-43(39)55(47(41)32-48(42)56)35-19-5-2-6-20-35/h1-32H. The van der Waals surface area contributed by atoms with Gasteiger partial charge in [0.2, 0.25) is 5.95 Å². The van der Waals surface area contributed by atoms with Gasteiger partial charge in [0.05, 0.1) is 33.1 Å². The Bertz CT molecular complexity index is 3470. The summed E-state index contributed by atoms with van der Waals surface area (Å²) >= 11 is 0. The second kappa shape index (κ2) is 12.3. The molecule has 0 aliphatic carbocycles. The van der Waals surface area contributed by atoms with E-state index >= 15 is 0 Å². The first-order chi connectivity index (χ1) is 28.3. The molecule has 0 radical (unpaired) electrons. The van der Waals surface area contributed by atoms with Gasteiger partial charge >= 0.3 is 0 Å². The summed E-state index contributed by atoms with van der Waals surface area (Å²) in [5, 5.41) is 7.20. The van der Waals surface area contributed by atoms with Crippen LogP contribution in [-0.2, 0) is 0 Å². The minimum absolute atomic E-state index is 0.578. The lowest BCUT2D eigenvalue weighted by molar-refractivity contribution is 0.953. The predicted molar refractivity (Wildman–Crippen MR) is 234 cm³/mol. The Hall–Kier alpha value is -7.83. The molecule has 0 aliphatic heterocycles. The van der Waals surface area contributed by atoms with Gasteiger partial charge in [-0.15, -0.1) is 0 Å². The molecule has 0 bridgehead atoms. The fraction of sp³-hybridized carbons (Fsp3) is 0. The molecule has 0 N–H and O–H groups in total. The SMILES string of the molecule is c1ccc(-c2nc(-c3cccc(-n4c5ccccc5c5cc6c7ccccc7n(-c7ccccc7)c6cc54)c3)nc(-n3c4ccccc4c4ccccc43)n2)cc1. The minimum atomic E-state index is 0.578. The van der Waals surface area contributed by atoms with Crippen molar-refractivity contribution in [1.82, 2.24) is 28.7 Å². The Morgan fingerprint density at radius 2 is 0.684 bits per heavy atom. The quantitative estimate of drug-likeness (QED) is 0.177. The van der Waals surface area contributed by atoms with Crippen molar-refractivity contribution in [3.8, 4) is 40.1 Å². The highest BCUT2D eigenvalue weighted by Gasteiger charge is 2.21. The van der Waals surface area contributed by atoms with Crippen LogP contribution in [0.4, 0.5) is 0 Å². The number of aromatic nitrogens is 6. The molecule has 0 aliphatic rings. The summed E-state index contributed by atoms with van der Waals surface area (Å²) in [6, 6.07) is 68.5. The van der Waals surface area contributed by atoms with Gasteiger partial charge in [0.25, 0.3) is 0 Å². The van der Waals surface area contributed by atoms with Gasteiger partial charge in [-0.05, 0) is 60.7 Å². The van der Waals surface area contributed by atoms with Gasteiger partial charge in [-0.3, -0.25) is 4.57 Å². The molecule has 0 spiro atoms. The molecule has 12 rings (SSSR count). The predicted octanol–water partition coefficient (Wildman–Crippen LogP) is 12.5. The third-order valence-corrected chi connectivity index (χ3v) is 11.3. The van der Waals surface area contributed by atoms with Crippen molar-refractivity contribution < 1.29 is 0 Å². The Balaban J connectivity index is 1.11. The Kier molecular flexibility index (Phi) is 6.83. The van der Waals surface area contributed by atoms with Gasteiger partial charge in [-0.25, -0.2) is 4.98 Å². The molecule has 0 unspecified atom stereocenters. The van der Waals surface area contributed by atoms with E-state index in [1.807, 2.05) is 18.2 Å². The number of nitrogens with zero attached hydrogens (tertiary/aromatic N) is 6. The molecule has 0 fully saturated rings. The molecule has 6 nitrogen and oxygen atoms in total. The Morgan fingerprint density at radius 3 is 1.26 bits per heavy atom. The molecule has 4 heterocycles. The van der Waals surface area contributed by atoms with Gasteiger partial charge in [0.1, 0.15) is 0 Å². The van der Waals surface area contributed by atoms with Gasteiger partial charge < -0.3 is 9.13 Å². The van der Waals surface area contributed by atoms with E-state index in [4.69, 9.17) is 15.0 Å². The summed E-state index contributed by atoms with van der Waals surface area (Å²) in [6.45, 7) is 0. The van der Waals surface area contributed by atoms with Crippen LogP contribution < -0.4 is 0 Å². The second-order valence-corrected chi connectivity index (χ2v) is 14.5. The molecule has 266 valence electrons. The average Bonchev–Trinajstić information content (AvgIpc) is 3.91. The molecular weight excluding hydrogens is 697 g/mol. The van der Waals surface area contributed by atoms with Crippen LogP contribution in [-0.4, -0.2) is 28.7 Å². The van der Waals surface area contributed by atoms with Crippen molar-refractivity contribution in [2.75, 3.05) is 0 Å². The van der Waals surface area contributed by atoms with E-state index in [0.717, 1.165) is 60.9 Å². The fourth-order valence-corrected chi connectivity index (χ4v) is 8.80. The van der Waals surface area contributed by atoms with Crippen molar-refractivity contribution in [2.24, 2.45) is 0 Å². The van der Waals surface area contributed by atoms with Crippen LogP contribution in [0.15, 0.2) is 194 Å². The van der Waals surface area contributed by atoms with Gasteiger partial charge in [0, 0.05) is 54.8 Å². The van der Waals surface area contributed by atoms with Crippen LogP contribution in [0.25, 0.3) is 106 Å². The number of fused-ring (bicyclic) bond motifs is 9. The highest BCUT2D eigenvalue weighted by molar-refractivity contribution is 6.19. The molecular formula is C51H32N6. The lowest BCUT2D eigenvalue weighted by Gasteiger charge is -2.13. The van der Waals surface area contributed by atoms with Crippen LogP contribution in [0.3, 0.4) is 0 Å². The maximum Gasteiger partial charge on any atom is 0.238 e. The van der Waals surface area contributed by atoms with E-state index < -0.39 is 0 Å². The molecule has 0 amide bonds. The summed E-state index contributed by atoms with van der Waals surface area (Å²) in [7, 11) is 0. The van der Waals surface area contributed by atoms with Crippen molar-refractivity contribution in [1.29, 1.82) is 0 Å². The van der Waals surface area contributed by atoms with Crippen molar-refractivity contribution in [3.63, 3.8) is 0 Å². The number of rotatable bonds is 5. The second-order valence-electron chi connectivity index (χ2n) is 14.5. The first kappa shape index (κ1) is 31.5. The van der Waals surface area contributed by atoms with Gasteiger partial charge in [-0.2, -0.15) is 9.97 Å². The van der Waals surface area contributed by atoms with E-state index in [9.17, 15) is 0 Å². The molecule has 8 aromatic carbocycles. The normalized spacial score (nSPS) is 11.9. The van der Waals surface area contributed by atoms with Crippen molar-refractivity contribution in [2.45, 2.75) is 0 Å². The molecule has 12 aromatic rings. The largest absolute Gasteiger partial charge is 0.309 e. The first-order valence-corrected chi connectivity index (χ1v) is 19.2. The van der Waals surface area contributed by atoms with Crippen LogP contribution in [0.5, 0.6) is 0 Å². The van der Waals surface area contributed by atoms with Crippen LogP contribution in [0.2, 0.25) is 0 Å². The molecule has 0 saturated carbocycles.